The Bertz CT molecular complexity index is 1170. The van der Waals surface area contributed by atoms with E-state index in [1.54, 1.807) is 6.92 Å². The van der Waals surface area contributed by atoms with Crippen LogP contribution in [0.15, 0.2) is 6.33 Å². The molecule has 2 aromatic heterocycles. The van der Waals surface area contributed by atoms with Crippen LogP contribution in [0.1, 0.15) is 58.0 Å². The molecule has 2 fully saturated rings. The van der Waals surface area contributed by atoms with Crippen LogP contribution in [0.3, 0.4) is 0 Å². The number of nitrogens with two attached hydrogens (primary N) is 1. The maximum absolute atomic E-state index is 12.2. The van der Waals surface area contributed by atoms with Crippen molar-refractivity contribution in [1.82, 2.24) is 24.8 Å². The summed E-state index contributed by atoms with van der Waals surface area (Å²) < 4.78 is 12.2. The Labute approximate surface area is 208 Å². The smallest absolute Gasteiger partial charge is 0.302 e. The number of aliphatic hydroxyl groups is 2. The van der Waals surface area contributed by atoms with Crippen LogP contribution in [0.5, 0.6) is 0 Å². The summed E-state index contributed by atoms with van der Waals surface area (Å²) in [4.78, 5) is 36.1. The fourth-order valence-corrected chi connectivity index (χ4v) is 4.67. The highest BCUT2D eigenvalue weighted by Gasteiger charge is 2.47. The zero-order valence-corrected chi connectivity index (χ0v) is 20.4. The topological polar surface area (TPSA) is 175 Å². The van der Waals surface area contributed by atoms with Crippen molar-refractivity contribution >= 4 is 28.9 Å². The number of hydrogen-bond donors (Lipinski definition) is 4. The van der Waals surface area contributed by atoms with Crippen LogP contribution >= 0.6 is 0 Å². The SMILES string of the molecule is CCNC(=O)[C@H]1O[C@@H](n2cnc3c(N)nc(C#CCC4CCC(COC(C)=O)CC4)nc32)C(O)[C@H]1O. The number of nitrogen functional groups attached to an aromatic ring is 1. The van der Waals surface area contributed by atoms with Crippen LogP contribution in [-0.4, -0.2) is 73.1 Å². The molecule has 194 valence electrons. The zero-order valence-electron chi connectivity index (χ0n) is 20.4. The van der Waals surface area contributed by atoms with Crippen LogP contribution in [0.2, 0.25) is 0 Å². The second-order valence-electron chi connectivity index (χ2n) is 9.27. The van der Waals surface area contributed by atoms with Gasteiger partial charge in [-0.3, -0.25) is 14.2 Å². The van der Waals surface area contributed by atoms with Gasteiger partial charge in [-0.25, -0.2) is 15.0 Å². The number of aliphatic hydroxyl groups excluding tert-OH is 2. The molecule has 0 bridgehead atoms. The number of nitrogens with one attached hydrogen (secondary N) is 1. The number of carbonyl (C=O) groups is 2. The Morgan fingerprint density at radius 2 is 1.94 bits per heavy atom. The Kier molecular flexibility index (Phi) is 8.03. The van der Waals surface area contributed by atoms with Gasteiger partial charge in [0.25, 0.3) is 5.91 Å². The molecule has 12 nitrogen and oxygen atoms in total. The number of fused-ring (bicyclic) bond motifs is 1. The molecule has 4 atom stereocenters. The average molecular weight is 501 g/mol. The fraction of sp³-hybridized carbons (Fsp3) is 0.625. The van der Waals surface area contributed by atoms with Gasteiger partial charge >= 0.3 is 5.97 Å². The summed E-state index contributed by atoms with van der Waals surface area (Å²) in [6.45, 7) is 4.02. The number of imidazole rings is 1. The second-order valence-corrected chi connectivity index (χ2v) is 9.27. The first-order valence-corrected chi connectivity index (χ1v) is 12.2. The molecule has 4 rings (SSSR count). The number of esters is 1. The van der Waals surface area contributed by atoms with Crippen molar-refractivity contribution in [2.24, 2.45) is 11.8 Å². The maximum atomic E-state index is 12.2. The molecule has 36 heavy (non-hydrogen) atoms. The van der Waals surface area contributed by atoms with E-state index >= 15 is 0 Å². The van der Waals surface area contributed by atoms with E-state index in [1.165, 1.54) is 17.8 Å². The molecule has 2 aromatic rings. The van der Waals surface area contributed by atoms with Gasteiger partial charge in [0.1, 0.15) is 17.7 Å². The largest absolute Gasteiger partial charge is 0.466 e. The van der Waals surface area contributed by atoms with Crippen molar-refractivity contribution in [1.29, 1.82) is 0 Å². The lowest BCUT2D eigenvalue weighted by molar-refractivity contribution is -0.142. The molecule has 0 radical (unpaired) electrons. The number of ether oxygens (including phenoxy) is 2. The molecule has 1 unspecified atom stereocenters. The lowest BCUT2D eigenvalue weighted by atomic mass is 9.81. The monoisotopic (exact) mass is 500 g/mol. The van der Waals surface area contributed by atoms with E-state index in [2.05, 4.69) is 32.1 Å². The van der Waals surface area contributed by atoms with Crippen molar-refractivity contribution < 1.29 is 29.3 Å². The number of amides is 1. The van der Waals surface area contributed by atoms with Gasteiger partial charge in [0.15, 0.2) is 23.8 Å². The predicted molar refractivity (Wildman–Crippen MR) is 128 cm³/mol. The molecular formula is C24H32N6O6. The third-order valence-corrected chi connectivity index (χ3v) is 6.65. The molecule has 12 heteroatoms. The van der Waals surface area contributed by atoms with Crippen LogP contribution in [0, 0.1) is 23.7 Å². The third-order valence-electron chi connectivity index (χ3n) is 6.65. The van der Waals surface area contributed by atoms with Crippen LogP contribution in [0.25, 0.3) is 11.2 Å². The minimum atomic E-state index is -1.42. The summed E-state index contributed by atoms with van der Waals surface area (Å²) in [6.07, 6.45) is 0.983. The van der Waals surface area contributed by atoms with Crippen LogP contribution in [0.4, 0.5) is 5.82 Å². The second kappa shape index (κ2) is 11.2. The van der Waals surface area contributed by atoms with Gasteiger partial charge in [0, 0.05) is 19.9 Å². The molecule has 1 aliphatic carbocycles. The first-order valence-electron chi connectivity index (χ1n) is 12.2. The van der Waals surface area contributed by atoms with Gasteiger partial charge in [-0.05, 0) is 50.4 Å². The molecule has 5 N–H and O–H groups in total. The number of nitrogens with zero attached hydrogens (tertiary/aromatic N) is 4. The van der Waals surface area contributed by atoms with E-state index in [4.69, 9.17) is 15.2 Å². The quantitative estimate of drug-likeness (QED) is 0.318. The van der Waals surface area contributed by atoms with Gasteiger partial charge in [0.05, 0.1) is 12.9 Å². The average Bonchev–Trinajstić information content (AvgIpc) is 3.40. The standard InChI is InChI=1S/C24H32N6O6/c1-3-26-23(34)20-18(32)19(33)24(36-20)30-12-27-17-21(25)28-16(29-22(17)30)6-4-5-14-7-9-15(10-8-14)11-35-13(2)31/h12,14-15,18-20,24,32-33H,3,5,7-11H2,1-2H3,(H,26,34)(H2,25,28,29)/t14?,15?,18-,19?,20+,24-/m1/s1. The van der Waals surface area contributed by atoms with Gasteiger partial charge in [-0.1, -0.05) is 5.92 Å². The molecular weight excluding hydrogens is 468 g/mol. The molecule has 1 saturated carbocycles. The fourth-order valence-electron chi connectivity index (χ4n) is 4.67. The number of hydrogen-bond acceptors (Lipinski definition) is 10. The summed E-state index contributed by atoms with van der Waals surface area (Å²) in [5.74, 6) is 6.54. The van der Waals surface area contributed by atoms with E-state index in [1.807, 2.05) is 0 Å². The van der Waals surface area contributed by atoms with Crippen molar-refractivity contribution in [2.45, 2.75) is 70.5 Å². The highest BCUT2D eigenvalue weighted by Crippen LogP contribution is 2.33. The van der Waals surface area contributed by atoms with Crippen molar-refractivity contribution in [3.05, 3.63) is 12.2 Å². The van der Waals surface area contributed by atoms with Gasteiger partial charge in [-0.15, -0.1) is 0 Å². The normalized spacial score (nSPS) is 27.9. The predicted octanol–water partition coefficient (Wildman–Crippen LogP) is 0.275. The summed E-state index contributed by atoms with van der Waals surface area (Å²) in [6, 6.07) is 0. The summed E-state index contributed by atoms with van der Waals surface area (Å²) >= 11 is 0. The minimum absolute atomic E-state index is 0.127. The van der Waals surface area contributed by atoms with Crippen molar-refractivity contribution in [3.63, 3.8) is 0 Å². The number of carbonyl (C=O) groups excluding carboxylic acids is 2. The molecule has 2 aliphatic rings. The van der Waals surface area contributed by atoms with Gasteiger partial charge in [0.2, 0.25) is 5.82 Å². The Morgan fingerprint density at radius 1 is 1.22 bits per heavy atom. The zero-order chi connectivity index (χ0) is 25.8. The van der Waals surface area contributed by atoms with E-state index in [0.29, 0.717) is 36.9 Å². The van der Waals surface area contributed by atoms with Crippen molar-refractivity contribution in [2.75, 3.05) is 18.9 Å². The molecule has 3 heterocycles. The molecule has 1 amide bonds. The molecule has 0 aromatic carbocycles. The van der Waals surface area contributed by atoms with Crippen LogP contribution < -0.4 is 11.1 Å². The highest BCUT2D eigenvalue weighted by molar-refractivity contribution is 5.83. The Morgan fingerprint density at radius 3 is 2.64 bits per heavy atom. The number of likely N-dealkylation sites (N-methyl/N-ethyl adjacent to an activating group) is 1. The Balaban J connectivity index is 1.45. The first kappa shape index (κ1) is 25.8. The van der Waals surface area contributed by atoms with Crippen molar-refractivity contribution in [3.8, 4) is 11.8 Å². The van der Waals surface area contributed by atoms with E-state index in [9.17, 15) is 19.8 Å². The minimum Gasteiger partial charge on any atom is -0.466 e. The summed E-state index contributed by atoms with van der Waals surface area (Å²) in [7, 11) is 0. The van der Waals surface area contributed by atoms with E-state index in [0.717, 1.165) is 25.7 Å². The highest BCUT2D eigenvalue weighted by atomic mass is 16.6. The lowest BCUT2D eigenvalue weighted by Gasteiger charge is -2.26. The van der Waals surface area contributed by atoms with E-state index in [-0.39, 0.29) is 23.3 Å². The summed E-state index contributed by atoms with van der Waals surface area (Å²) in [5.41, 5.74) is 6.67. The molecule has 1 aliphatic heterocycles. The number of rotatable bonds is 6. The first-order chi connectivity index (χ1) is 17.3. The lowest BCUT2D eigenvalue weighted by Crippen LogP contribution is -2.42. The van der Waals surface area contributed by atoms with Gasteiger partial charge < -0.3 is 30.7 Å². The maximum Gasteiger partial charge on any atom is 0.302 e. The Hall–Kier alpha value is -3.27. The number of anilines is 1. The molecule has 0 spiro atoms. The molecule has 1 saturated heterocycles. The van der Waals surface area contributed by atoms with E-state index < -0.39 is 30.4 Å². The number of aromatic nitrogens is 4. The third kappa shape index (κ3) is 5.59. The van der Waals surface area contributed by atoms with Gasteiger partial charge in [-0.2, -0.15) is 0 Å². The summed E-state index contributed by atoms with van der Waals surface area (Å²) in [5, 5.41) is 23.5. The van der Waals surface area contributed by atoms with Crippen LogP contribution in [-0.2, 0) is 19.1 Å².